The SMILES string of the molecule is Cc1cc(CCCC(=O)N2CCCCC2C(=O)O)c(C)s1. The van der Waals surface area contributed by atoms with Crippen molar-refractivity contribution in [2.45, 2.75) is 58.4 Å². The Bertz CT molecular complexity index is 524. The van der Waals surface area contributed by atoms with Crippen molar-refractivity contribution in [2.24, 2.45) is 0 Å². The molecule has 116 valence electrons. The van der Waals surface area contributed by atoms with Gasteiger partial charge in [-0.3, -0.25) is 4.79 Å². The first-order valence-electron chi connectivity index (χ1n) is 7.57. The lowest BCUT2D eigenvalue weighted by atomic mass is 10.0. The Morgan fingerprint density at radius 2 is 2.14 bits per heavy atom. The molecule has 0 bridgehead atoms. The van der Waals surface area contributed by atoms with Crippen LogP contribution in [0.15, 0.2) is 6.07 Å². The van der Waals surface area contributed by atoms with Crippen LogP contribution in [-0.2, 0) is 16.0 Å². The number of carbonyl (C=O) groups is 2. The molecule has 1 aromatic rings. The van der Waals surface area contributed by atoms with Crippen LogP contribution in [0.1, 0.15) is 47.4 Å². The lowest BCUT2D eigenvalue weighted by molar-refractivity contribution is -0.152. The van der Waals surface area contributed by atoms with E-state index in [1.165, 1.54) is 15.3 Å². The maximum Gasteiger partial charge on any atom is 0.326 e. The maximum absolute atomic E-state index is 12.3. The topological polar surface area (TPSA) is 57.6 Å². The molecule has 2 heterocycles. The molecule has 1 fully saturated rings. The summed E-state index contributed by atoms with van der Waals surface area (Å²) in [6, 6.07) is 1.57. The second-order valence-electron chi connectivity index (χ2n) is 5.73. The van der Waals surface area contributed by atoms with E-state index in [0.717, 1.165) is 25.7 Å². The minimum atomic E-state index is -0.868. The van der Waals surface area contributed by atoms with Crippen LogP contribution in [0.25, 0.3) is 0 Å². The highest BCUT2D eigenvalue weighted by molar-refractivity contribution is 7.12. The van der Waals surface area contributed by atoms with Crippen molar-refractivity contribution >= 4 is 23.2 Å². The van der Waals surface area contributed by atoms with Gasteiger partial charge in [0.05, 0.1) is 0 Å². The number of amides is 1. The number of piperidine rings is 1. The molecule has 0 radical (unpaired) electrons. The Morgan fingerprint density at radius 3 is 2.76 bits per heavy atom. The van der Waals surface area contributed by atoms with Gasteiger partial charge in [-0.2, -0.15) is 0 Å². The van der Waals surface area contributed by atoms with Gasteiger partial charge in [0, 0.05) is 22.7 Å². The van der Waals surface area contributed by atoms with Gasteiger partial charge in [-0.25, -0.2) is 4.79 Å². The maximum atomic E-state index is 12.3. The van der Waals surface area contributed by atoms with E-state index < -0.39 is 12.0 Å². The summed E-state index contributed by atoms with van der Waals surface area (Å²) in [7, 11) is 0. The molecular weight excluding hydrogens is 286 g/mol. The number of carboxylic acid groups (broad SMARTS) is 1. The number of thiophene rings is 1. The fourth-order valence-electron chi connectivity index (χ4n) is 2.99. The molecule has 1 saturated heterocycles. The van der Waals surface area contributed by atoms with Crippen molar-refractivity contribution in [1.82, 2.24) is 4.90 Å². The van der Waals surface area contributed by atoms with E-state index in [1.807, 2.05) is 0 Å². The lowest BCUT2D eigenvalue weighted by Crippen LogP contribution is -2.47. The zero-order valence-corrected chi connectivity index (χ0v) is 13.5. The van der Waals surface area contributed by atoms with Crippen molar-refractivity contribution in [2.75, 3.05) is 6.54 Å². The van der Waals surface area contributed by atoms with E-state index in [1.54, 1.807) is 16.2 Å². The van der Waals surface area contributed by atoms with Gasteiger partial charge in [0.25, 0.3) is 0 Å². The number of hydrogen-bond acceptors (Lipinski definition) is 3. The van der Waals surface area contributed by atoms with Gasteiger partial charge in [0.2, 0.25) is 5.91 Å². The zero-order valence-electron chi connectivity index (χ0n) is 12.7. The van der Waals surface area contributed by atoms with Crippen molar-refractivity contribution < 1.29 is 14.7 Å². The van der Waals surface area contributed by atoms with E-state index in [2.05, 4.69) is 19.9 Å². The molecule has 1 amide bonds. The molecule has 0 spiro atoms. The van der Waals surface area contributed by atoms with Gasteiger partial charge in [-0.05, 0) is 57.6 Å². The Morgan fingerprint density at radius 1 is 1.38 bits per heavy atom. The second kappa shape index (κ2) is 7.07. The molecule has 21 heavy (non-hydrogen) atoms. The number of aliphatic carboxylic acids is 1. The van der Waals surface area contributed by atoms with E-state index >= 15 is 0 Å². The first-order chi connectivity index (χ1) is 9.99. The van der Waals surface area contributed by atoms with Gasteiger partial charge in [0.15, 0.2) is 0 Å². The van der Waals surface area contributed by atoms with Crippen molar-refractivity contribution in [3.05, 3.63) is 21.4 Å². The number of rotatable bonds is 5. The van der Waals surface area contributed by atoms with Crippen LogP contribution in [0.2, 0.25) is 0 Å². The summed E-state index contributed by atoms with van der Waals surface area (Å²) in [5, 5.41) is 9.21. The number of nitrogens with zero attached hydrogens (tertiary/aromatic N) is 1. The molecule has 1 aliphatic heterocycles. The van der Waals surface area contributed by atoms with E-state index in [4.69, 9.17) is 0 Å². The van der Waals surface area contributed by atoms with E-state index in [-0.39, 0.29) is 5.91 Å². The van der Waals surface area contributed by atoms with Crippen LogP contribution >= 0.6 is 11.3 Å². The smallest absolute Gasteiger partial charge is 0.326 e. The summed E-state index contributed by atoms with van der Waals surface area (Å²) in [6.07, 6.45) is 4.53. The molecule has 1 unspecified atom stereocenters. The molecule has 1 atom stereocenters. The molecule has 0 aromatic carbocycles. The van der Waals surface area contributed by atoms with Gasteiger partial charge >= 0.3 is 5.97 Å². The summed E-state index contributed by atoms with van der Waals surface area (Å²) >= 11 is 1.79. The first kappa shape index (κ1) is 16.0. The summed E-state index contributed by atoms with van der Waals surface area (Å²) < 4.78 is 0. The average molecular weight is 309 g/mol. The zero-order chi connectivity index (χ0) is 15.4. The number of likely N-dealkylation sites (tertiary alicyclic amines) is 1. The van der Waals surface area contributed by atoms with Crippen molar-refractivity contribution in [1.29, 1.82) is 0 Å². The fraction of sp³-hybridized carbons (Fsp3) is 0.625. The predicted molar refractivity (Wildman–Crippen MR) is 83.7 cm³/mol. The number of hydrogen-bond donors (Lipinski definition) is 1. The number of carbonyl (C=O) groups excluding carboxylic acids is 1. The third kappa shape index (κ3) is 4.06. The van der Waals surface area contributed by atoms with Crippen LogP contribution in [0.5, 0.6) is 0 Å². The van der Waals surface area contributed by atoms with E-state index in [9.17, 15) is 14.7 Å². The van der Waals surface area contributed by atoms with Crippen molar-refractivity contribution in [3.8, 4) is 0 Å². The summed E-state index contributed by atoms with van der Waals surface area (Å²) in [5.74, 6) is -0.876. The average Bonchev–Trinajstić information content (AvgIpc) is 2.77. The molecule has 4 nitrogen and oxygen atoms in total. The van der Waals surface area contributed by atoms with Gasteiger partial charge in [-0.15, -0.1) is 11.3 Å². The van der Waals surface area contributed by atoms with Crippen LogP contribution in [0.3, 0.4) is 0 Å². The van der Waals surface area contributed by atoms with Gasteiger partial charge < -0.3 is 10.0 Å². The molecule has 5 heteroatoms. The first-order valence-corrected chi connectivity index (χ1v) is 8.39. The van der Waals surface area contributed by atoms with Gasteiger partial charge in [0.1, 0.15) is 6.04 Å². The largest absolute Gasteiger partial charge is 0.480 e. The minimum absolute atomic E-state index is 0.00768. The summed E-state index contributed by atoms with van der Waals surface area (Å²) in [4.78, 5) is 27.7. The van der Waals surface area contributed by atoms with Crippen molar-refractivity contribution in [3.63, 3.8) is 0 Å². The third-order valence-corrected chi connectivity index (χ3v) is 5.10. The second-order valence-corrected chi connectivity index (χ2v) is 7.19. The van der Waals surface area contributed by atoms with Gasteiger partial charge in [-0.1, -0.05) is 0 Å². The molecule has 2 rings (SSSR count). The Labute approximate surface area is 129 Å². The Balaban J connectivity index is 1.86. The van der Waals surface area contributed by atoms with E-state index in [0.29, 0.717) is 19.4 Å². The van der Waals surface area contributed by atoms with Crippen LogP contribution in [-0.4, -0.2) is 34.5 Å². The minimum Gasteiger partial charge on any atom is -0.480 e. The normalized spacial score (nSPS) is 18.8. The Kier molecular flexibility index (Phi) is 5.39. The summed E-state index contributed by atoms with van der Waals surface area (Å²) in [6.45, 7) is 4.80. The Hall–Kier alpha value is -1.36. The molecular formula is C16H23NO3S. The monoisotopic (exact) mass is 309 g/mol. The quantitative estimate of drug-likeness (QED) is 0.909. The number of aryl methyl sites for hydroxylation is 3. The molecule has 1 aromatic heterocycles. The summed E-state index contributed by atoms with van der Waals surface area (Å²) in [5.41, 5.74) is 1.32. The van der Waals surface area contributed by atoms with Crippen LogP contribution in [0, 0.1) is 13.8 Å². The molecule has 0 saturated carbocycles. The molecule has 0 aliphatic carbocycles. The standard InChI is InChI=1S/C16H23NO3S/c1-11-10-13(12(2)21-11)6-5-8-15(18)17-9-4-3-7-14(17)16(19)20/h10,14H,3-9H2,1-2H3,(H,19,20). The fourth-order valence-corrected chi connectivity index (χ4v) is 3.97. The highest BCUT2D eigenvalue weighted by Crippen LogP contribution is 2.23. The lowest BCUT2D eigenvalue weighted by Gasteiger charge is -2.33. The third-order valence-electron chi connectivity index (χ3n) is 4.09. The van der Waals surface area contributed by atoms with Crippen LogP contribution < -0.4 is 0 Å². The van der Waals surface area contributed by atoms with Crippen LogP contribution in [0.4, 0.5) is 0 Å². The predicted octanol–water partition coefficient (Wildman–Crippen LogP) is 3.15. The molecule has 1 N–H and O–H groups in total. The highest BCUT2D eigenvalue weighted by Gasteiger charge is 2.31. The molecule has 1 aliphatic rings. The number of carboxylic acids is 1. The highest BCUT2D eigenvalue weighted by atomic mass is 32.1.